The first-order valence-corrected chi connectivity index (χ1v) is 8.78. The molecule has 2 aromatic rings. The van der Waals surface area contributed by atoms with E-state index in [0.717, 1.165) is 16.7 Å². The Labute approximate surface area is 140 Å². The van der Waals surface area contributed by atoms with E-state index in [0.29, 0.717) is 6.42 Å². The van der Waals surface area contributed by atoms with Crippen LogP contribution in [0.15, 0.2) is 59.5 Å². The fourth-order valence-corrected chi connectivity index (χ4v) is 3.24. The van der Waals surface area contributed by atoms with Crippen LogP contribution in [0.3, 0.4) is 0 Å². The lowest BCUT2D eigenvalue weighted by Crippen LogP contribution is -2.32. The molecule has 0 spiro atoms. The van der Waals surface area contributed by atoms with Gasteiger partial charge in [0.2, 0.25) is 5.91 Å². The molecule has 3 nitrogen and oxygen atoms in total. The molecule has 2 unspecified atom stereocenters. The fraction of sp³-hybridized carbons (Fsp3) is 0.211. The molecule has 2 N–H and O–H groups in total. The van der Waals surface area contributed by atoms with Crippen LogP contribution in [0.1, 0.15) is 22.7 Å². The zero-order valence-corrected chi connectivity index (χ0v) is 13.7. The minimum Gasteiger partial charge on any atom is -0.390 e. The summed E-state index contributed by atoms with van der Waals surface area (Å²) in [6.07, 6.45) is 5.35. The Hall–Kier alpha value is -2.04. The summed E-state index contributed by atoms with van der Waals surface area (Å²) in [6.45, 7) is 0. The number of nitrogens with one attached hydrogen (secondary N) is 1. The molecule has 23 heavy (non-hydrogen) atoms. The van der Waals surface area contributed by atoms with Crippen LogP contribution < -0.4 is 5.32 Å². The Morgan fingerprint density at radius 2 is 1.96 bits per heavy atom. The summed E-state index contributed by atoms with van der Waals surface area (Å²) in [5.74, 6) is -0.195. The molecule has 0 aliphatic heterocycles. The van der Waals surface area contributed by atoms with Gasteiger partial charge in [-0.3, -0.25) is 4.79 Å². The average molecular weight is 325 g/mol. The van der Waals surface area contributed by atoms with Gasteiger partial charge in [0.05, 0.1) is 12.1 Å². The minimum atomic E-state index is -0.564. The molecule has 0 radical (unpaired) electrons. The number of amides is 1. The molecule has 1 aliphatic carbocycles. The minimum absolute atomic E-state index is 0.195. The summed E-state index contributed by atoms with van der Waals surface area (Å²) in [6, 6.07) is 15.5. The second kappa shape index (κ2) is 7.02. The van der Waals surface area contributed by atoms with Gasteiger partial charge in [0.25, 0.3) is 0 Å². The van der Waals surface area contributed by atoms with Crippen LogP contribution >= 0.6 is 11.8 Å². The molecule has 3 rings (SSSR count). The van der Waals surface area contributed by atoms with E-state index in [1.807, 2.05) is 54.8 Å². The highest BCUT2D eigenvalue weighted by Crippen LogP contribution is 2.31. The van der Waals surface area contributed by atoms with Gasteiger partial charge in [-0.15, -0.1) is 11.8 Å². The molecule has 1 aliphatic rings. The number of aliphatic hydroxyl groups excluding tert-OH is 1. The van der Waals surface area contributed by atoms with Gasteiger partial charge in [-0.1, -0.05) is 36.4 Å². The van der Waals surface area contributed by atoms with Crippen LogP contribution in [0.2, 0.25) is 0 Å². The van der Waals surface area contributed by atoms with E-state index in [1.54, 1.807) is 17.8 Å². The van der Waals surface area contributed by atoms with Crippen molar-refractivity contribution in [3.63, 3.8) is 0 Å². The van der Waals surface area contributed by atoms with E-state index in [2.05, 4.69) is 5.32 Å². The van der Waals surface area contributed by atoms with E-state index in [-0.39, 0.29) is 11.9 Å². The maximum absolute atomic E-state index is 12.1. The van der Waals surface area contributed by atoms with Crippen LogP contribution in [-0.4, -0.2) is 23.4 Å². The molecular formula is C19H19NO2S. The zero-order valence-electron chi connectivity index (χ0n) is 12.9. The molecule has 0 bridgehead atoms. The van der Waals surface area contributed by atoms with E-state index in [9.17, 15) is 9.90 Å². The third-order valence-electron chi connectivity index (χ3n) is 4.04. The number of hydrogen-bond acceptors (Lipinski definition) is 3. The monoisotopic (exact) mass is 325 g/mol. The maximum atomic E-state index is 12.1. The highest BCUT2D eigenvalue weighted by atomic mass is 32.2. The summed E-state index contributed by atoms with van der Waals surface area (Å²) < 4.78 is 0. The highest BCUT2D eigenvalue weighted by Gasteiger charge is 2.31. The van der Waals surface area contributed by atoms with Crippen molar-refractivity contribution in [1.29, 1.82) is 0 Å². The summed E-state index contributed by atoms with van der Waals surface area (Å²) in [7, 11) is 0. The first-order chi connectivity index (χ1) is 11.2. The number of fused-ring (bicyclic) bond motifs is 1. The summed E-state index contributed by atoms with van der Waals surface area (Å²) in [5, 5.41) is 13.1. The Balaban J connectivity index is 1.66. The number of benzene rings is 2. The Morgan fingerprint density at radius 3 is 2.70 bits per heavy atom. The van der Waals surface area contributed by atoms with Crippen molar-refractivity contribution in [2.45, 2.75) is 23.5 Å². The Kier molecular flexibility index (Phi) is 4.84. The van der Waals surface area contributed by atoms with Gasteiger partial charge >= 0.3 is 0 Å². The molecular weight excluding hydrogens is 306 g/mol. The predicted molar refractivity (Wildman–Crippen MR) is 94.3 cm³/mol. The van der Waals surface area contributed by atoms with Crippen molar-refractivity contribution < 1.29 is 9.90 Å². The van der Waals surface area contributed by atoms with Gasteiger partial charge in [0.1, 0.15) is 0 Å². The predicted octanol–water partition coefficient (Wildman–Crippen LogP) is 3.20. The van der Waals surface area contributed by atoms with Crippen LogP contribution in [0.5, 0.6) is 0 Å². The number of carbonyl (C=O) groups excluding carboxylic acids is 1. The number of rotatable bonds is 4. The lowest BCUT2D eigenvalue weighted by Gasteiger charge is -2.16. The van der Waals surface area contributed by atoms with Gasteiger partial charge in [0, 0.05) is 17.4 Å². The zero-order chi connectivity index (χ0) is 16.2. The molecule has 0 fully saturated rings. The van der Waals surface area contributed by atoms with E-state index < -0.39 is 6.10 Å². The summed E-state index contributed by atoms with van der Waals surface area (Å²) in [4.78, 5) is 13.3. The second-order valence-corrected chi connectivity index (χ2v) is 6.44. The lowest BCUT2D eigenvalue weighted by molar-refractivity contribution is -0.117. The molecule has 0 saturated carbocycles. The van der Waals surface area contributed by atoms with E-state index >= 15 is 0 Å². The SMILES string of the molecule is CSc1ccc(/C=C/C(=O)NC2c3ccccc3CC2O)cc1. The average Bonchev–Trinajstić information content (AvgIpc) is 2.89. The molecule has 4 heteroatoms. The number of thioether (sulfide) groups is 1. The molecule has 118 valence electrons. The third kappa shape index (κ3) is 3.66. The van der Waals surface area contributed by atoms with Crippen molar-refractivity contribution in [3.05, 3.63) is 71.3 Å². The lowest BCUT2D eigenvalue weighted by atomic mass is 10.1. The molecule has 2 atom stereocenters. The van der Waals surface area contributed by atoms with Gasteiger partial charge in [-0.05, 0) is 41.2 Å². The number of hydrogen-bond donors (Lipinski definition) is 2. The van der Waals surface area contributed by atoms with Crippen molar-refractivity contribution in [2.75, 3.05) is 6.26 Å². The fourth-order valence-electron chi connectivity index (χ4n) is 2.84. The van der Waals surface area contributed by atoms with Gasteiger partial charge in [-0.25, -0.2) is 0 Å². The maximum Gasteiger partial charge on any atom is 0.244 e. The van der Waals surface area contributed by atoms with Gasteiger partial charge in [0.15, 0.2) is 0 Å². The van der Waals surface area contributed by atoms with Crippen LogP contribution in [0.4, 0.5) is 0 Å². The van der Waals surface area contributed by atoms with Crippen molar-refractivity contribution in [2.24, 2.45) is 0 Å². The van der Waals surface area contributed by atoms with E-state index in [1.165, 1.54) is 11.0 Å². The van der Waals surface area contributed by atoms with Crippen molar-refractivity contribution >= 4 is 23.7 Å². The summed E-state index contributed by atoms with van der Waals surface area (Å²) in [5.41, 5.74) is 3.08. The molecule has 2 aromatic carbocycles. The third-order valence-corrected chi connectivity index (χ3v) is 4.79. The van der Waals surface area contributed by atoms with Crippen LogP contribution in [0, 0.1) is 0 Å². The number of aliphatic hydroxyl groups is 1. The largest absolute Gasteiger partial charge is 0.390 e. The highest BCUT2D eigenvalue weighted by molar-refractivity contribution is 7.98. The molecule has 0 aromatic heterocycles. The Morgan fingerprint density at radius 1 is 1.22 bits per heavy atom. The van der Waals surface area contributed by atoms with Crippen LogP contribution in [0.25, 0.3) is 6.08 Å². The van der Waals surface area contributed by atoms with Crippen LogP contribution in [-0.2, 0) is 11.2 Å². The second-order valence-electron chi connectivity index (χ2n) is 5.56. The molecule has 0 heterocycles. The first-order valence-electron chi connectivity index (χ1n) is 7.56. The summed E-state index contributed by atoms with van der Waals surface area (Å²) >= 11 is 1.69. The first kappa shape index (κ1) is 15.8. The standard InChI is InChI=1S/C19H19NO2S/c1-23-15-9-6-13(7-10-15)8-11-18(22)20-19-16-5-3-2-4-14(16)12-17(19)21/h2-11,17,19,21H,12H2,1H3,(H,20,22)/b11-8+. The van der Waals surface area contributed by atoms with Gasteiger partial charge < -0.3 is 10.4 Å². The molecule has 1 amide bonds. The van der Waals surface area contributed by atoms with Gasteiger partial charge in [-0.2, -0.15) is 0 Å². The topological polar surface area (TPSA) is 49.3 Å². The van der Waals surface area contributed by atoms with Crippen molar-refractivity contribution in [3.8, 4) is 0 Å². The molecule has 0 saturated heterocycles. The Bertz CT molecular complexity index is 724. The number of carbonyl (C=O) groups is 1. The smallest absolute Gasteiger partial charge is 0.244 e. The quantitative estimate of drug-likeness (QED) is 0.670. The van der Waals surface area contributed by atoms with E-state index in [4.69, 9.17) is 0 Å². The van der Waals surface area contributed by atoms with Crippen molar-refractivity contribution in [1.82, 2.24) is 5.32 Å². The normalized spacial score (nSPS) is 19.7.